The van der Waals surface area contributed by atoms with Crippen LogP contribution in [0.5, 0.6) is 0 Å². The average molecular weight is 346 g/mol. The van der Waals surface area contributed by atoms with Gasteiger partial charge >= 0.3 is 0 Å². The minimum atomic E-state index is -3.68. The lowest BCUT2D eigenvalue weighted by molar-refractivity contribution is 0.581. The van der Waals surface area contributed by atoms with Gasteiger partial charge in [0, 0.05) is 24.0 Å². The number of rotatable bonds is 5. The number of sulfonamides is 1. The standard InChI is InChI=1S/C13H13Cl2N3O2S/c1-9-4-13(12(15)5-11(9)14)21(19,20)18-3-2-10-6-16-8-17-7-10/h4-8,18H,2-3H2,1H3. The van der Waals surface area contributed by atoms with E-state index in [9.17, 15) is 8.42 Å². The van der Waals surface area contributed by atoms with E-state index in [2.05, 4.69) is 14.7 Å². The number of nitrogens with one attached hydrogen (secondary N) is 1. The second kappa shape index (κ2) is 6.70. The van der Waals surface area contributed by atoms with Crippen LogP contribution in [-0.4, -0.2) is 24.9 Å². The molecule has 1 heterocycles. The normalized spacial score (nSPS) is 11.6. The van der Waals surface area contributed by atoms with Crippen molar-refractivity contribution in [3.05, 3.63) is 52.0 Å². The molecular formula is C13H13Cl2N3O2S. The Kier molecular flexibility index (Phi) is 5.16. The highest BCUT2D eigenvalue weighted by Crippen LogP contribution is 2.27. The van der Waals surface area contributed by atoms with Crippen molar-refractivity contribution in [2.24, 2.45) is 0 Å². The van der Waals surface area contributed by atoms with Crippen molar-refractivity contribution < 1.29 is 8.42 Å². The maximum atomic E-state index is 12.2. The molecule has 2 rings (SSSR count). The van der Waals surface area contributed by atoms with E-state index >= 15 is 0 Å². The number of aromatic nitrogens is 2. The average Bonchev–Trinajstić information content (AvgIpc) is 2.43. The summed E-state index contributed by atoms with van der Waals surface area (Å²) in [5, 5.41) is 0.529. The first-order valence-electron chi connectivity index (χ1n) is 6.09. The molecule has 0 aliphatic carbocycles. The molecule has 21 heavy (non-hydrogen) atoms. The molecule has 0 saturated carbocycles. The second-order valence-electron chi connectivity index (χ2n) is 4.43. The van der Waals surface area contributed by atoms with E-state index in [1.165, 1.54) is 18.5 Å². The third-order valence-electron chi connectivity index (χ3n) is 2.82. The van der Waals surface area contributed by atoms with Gasteiger partial charge < -0.3 is 0 Å². The fraction of sp³-hybridized carbons (Fsp3) is 0.231. The van der Waals surface area contributed by atoms with E-state index in [1.807, 2.05) is 0 Å². The topological polar surface area (TPSA) is 72.0 Å². The van der Waals surface area contributed by atoms with Crippen LogP contribution in [0, 0.1) is 6.92 Å². The fourth-order valence-corrected chi connectivity index (χ4v) is 3.56. The van der Waals surface area contributed by atoms with Gasteiger partial charge in [-0.3, -0.25) is 0 Å². The van der Waals surface area contributed by atoms with Crippen LogP contribution in [0.2, 0.25) is 10.0 Å². The van der Waals surface area contributed by atoms with Gasteiger partial charge in [0.2, 0.25) is 10.0 Å². The van der Waals surface area contributed by atoms with Crippen LogP contribution in [0.4, 0.5) is 0 Å². The first-order chi connectivity index (χ1) is 9.90. The Morgan fingerprint density at radius 3 is 2.48 bits per heavy atom. The van der Waals surface area contributed by atoms with Crippen molar-refractivity contribution in [1.82, 2.24) is 14.7 Å². The molecule has 1 aromatic carbocycles. The number of hydrogen-bond acceptors (Lipinski definition) is 4. The summed E-state index contributed by atoms with van der Waals surface area (Å²) in [5.74, 6) is 0. The molecule has 0 bridgehead atoms. The third-order valence-corrected chi connectivity index (χ3v) is 5.16. The Hall–Kier alpha value is -1.21. The van der Waals surface area contributed by atoms with Crippen LogP contribution in [0.15, 0.2) is 35.7 Å². The van der Waals surface area contributed by atoms with Crippen LogP contribution < -0.4 is 4.72 Å². The molecule has 0 atom stereocenters. The molecule has 0 saturated heterocycles. The van der Waals surface area contributed by atoms with Crippen molar-refractivity contribution in [3.63, 3.8) is 0 Å². The Bertz CT molecular complexity index is 737. The summed E-state index contributed by atoms with van der Waals surface area (Å²) in [7, 11) is -3.68. The van der Waals surface area contributed by atoms with Gasteiger partial charge in [0.15, 0.2) is 0 Å². The molecule has 0 unspecified atom stereocenters. The number of benzene rings is 1. The van der Waals surface area contributed by atoms with Gasteiger partial charge in [0.1, 0.15) is 11.2 Å². The van der Waals surface area contributed by atoms with E-state index < -0.39 is 10.0 Å². The van der Waals surface area contributed by atoms with Crippen LogP contribution >= 0.6 is 23.2 Å². The van der Waals surface area contributed by atoms with Crippen LogP contribution in [-0.2, 0) is 16.4 Å². The molecule has 1 aromatic heterocycles. The lowest BCUT2D eigenvalue weighted by Crippen LogP contribution is -2.26. The highest BCUT2D eigenvalue weighted by Gasteiger charge is 2.18. The lowest BCUT2D eigenvalue weighted by Gasteiger charge is -2.10. The Morgan fingerprint density at radius 2 is 1.81 bits per heavy atom. The smallest absolute Gasteiger partial charge is 0.242 e. The molecule has 5 nitrogen and oxygen atoms in total. The largest absolute Gasteiger partial charge is 0.245 e. The van der Waals surface area contributed by atoms with Gasteiger partial charge in [-0.05, 0) is 36.6 Å². The van der Waals surface area contributed by atoms with Gasteiger partial charge in [-0.1, -0.05) is 23.2 Å². The Balaban J connectivity index is 2.10. The molecule has 112 valence electrons. The maximum absolute atomic E-state index is 12.2. The van der Waals surface area contributed by atoms with Gasteiger partial charge in [-0.15, -0.1) is 0 Å². The summed E-state index contributed by atoms with van der Waals surface area (Å²) < 4.78 is 27.0. The van der Waals surface area contributed by atoms with Gasteiger partial charge in [-0.25, -0.2) is 23.1 Å². The minimum absolute atomic E-state index is 0.0235. The monoisotopic (exact) mass is 345 g/mol. The van der Waals surface area contributed by atoms with E-state index in [1.54, 1.807) is 19.3 Å². The molecule has 8 heteroatoms. The molecule has 0 fully saturated rings. The van der Waals surface area contributed by atoms with E-state index in [0.29, 0.717) is 17.0 Å². The maximum Gasteiger partial charge on any atom is 0.242 e. The number of halogens is 2. The van der Waals surface area contributed by atoms with Crippen LogP contribution in [0.1, 0.15) is 11.1 Å². The number of nitrogens with zero attached hydrogens (tertiary/aromatic N) is 2. The van der Waals surface area contributed by atoms with Crippen molar-refractivity contribution in [1.29, 1.82) is 0 Å². The molecule has 0 aliphatic heterocycles. The van der Waals surface area contributed by atoms with Crippen molar-refractivity contribution in [3.8, 4) is 0 Å². The quantitative estimate of drug-likeness (QED) is 0.903. The first-order valence-corrected chi connectivity index (χ1v) is 8.33. The number of hydrogen-bond donors (Lipinski definition) is 1. The molecular weight excluding hydrogens is 333 g/mol. The summed E-state index contributed by atoms with van der Waals surface area (Å²) in [4.78, 5) is 7.76. The van der Waals surface area contributed by atoms with Crippen LogP contribution in [0.25, 0.3) is 0 Å². The summed E-state index contributed by atoms with van der Waals surface area (Å²) >= 11 is 11.9. The Labute approximate surface area is 133 Å². The summed E-state index contributed by atoms with van der Waals surface area (Å²) in [5.41, 5.74) is 1.50. The molecule has 0 aliphatic rings. The zero-order valence-electron chi connectivity index (χ0n) is 11.2. The molecule has 0 radical (unpaired) electrons. The summed E-state index contributed by atoms with van der Waals surface area (Å²) in [6.07, 6.45) is 5.19. The minimum Gasteiger partial charge on any atom is -0.245 e. The molecule has 0 spiro atoms. The fourth-order valence-electron chi connectivity index (χ4n) is 1.70. The highest BCUT2D eigenvalue weighted by atomic mass is 35.5. The van der Waals surface area contributed by atoms with Gasteiger partial charge in [-0.2, -0.15) is 0 Å². The van der Waals surface area contributed by atoms with Crippen LogP contribution in [0.3, 0.4) is 0 Å². The van der Waals surface area contributed by atoms with Crippen molar-refractivity contribution in [2.75, 3.05) is 6.54 Å². The lowest BCUT2D eigenvalue weighted by atomic mass is 10.2. The molecule has 1 N–H and O–H groups in total. The summed E-state index contributed by atoms with van der Waals surface area (Å²) in [6.45, 7) is 1.95. The van der Waals surface area contributed by atoms with Crippen molar-refractivity contribution in [2.45, 2.75) is 18.2 Å². The highest BCUT2D eigenvalue weighted by molar-refractivity contribution is 7.89. The zero-order valence-corrected chi connectivity index (χ0v) is 13.5. The van der Waals surface area contributed by atoms with E-state index in [-0.39, 0.29) is 16.5 Å². The van der Waals surface area contributed by atoms with E-state index in [0.717, 1.165) is 5.56 Å². The first kappa shape index (κ1) is 16.2. The van der Waals surface area contributed by atoms with Gasteiger partial charge in [0.25, 0.3) is 0 Å². The predicted octanol–water partition coefficient (Wildman–Crippen LogP) is 2.61. The van der Waals surface area contributed by atoms with E-state index in [4.69, 9.17) is 23.2 Å². The molecule has 0 amide bonds. The Morgan fingerprint density at radius 1 is 1.14 bits per heavy atom. The predicted molar refractivity (Wildman–Crippen MR) is 82.1 cm³/mol. The number of aryl methyl sites for hydroxylation is 1. The van der Waals surface area contributed by atoms with Gasteiger partial charge in [0.05, 0.1) is 5.02 Å². The second-order valence-corrected chi connectivity index (χ2v) is 6.98. The zero-order chi connectivity index (χ0) is 15.5. The van der Waals surface area contributed by atoms with Crippen molar-refractivity contribution >= 4 is 33.2 Å². The third kappa shape index (κ3) is 4.14. The SMILES string of the molecule is Cc1cc(S(=O)(=O)NCCc2cncnc2)c(Cl)cc1Cl. The molecule has 2 aromatic rings. The summed E-state index contributed by atoms with van der Waals surface area (Å²) in [6, 6.07) is 2.89.